The third kappa shape index (κ3) is 2.42. The van der Waals surface area contributed by atoms with Crippen molar-refractivity contribution in [3.05, 3.63) is 70.1 Å². The third-order valence-corrected chi connectivity index (χ3v) is 4.08. The van der Waals surface area contributed by atoms with Gasteiger partial charge in [-0.2, -0.15) is 0 Å². The van der Waals surface area contributed by atoms with Crippen LogP contribution in [0, 0.1) is 13.8 Å². The van der Waals surface area contributed by atoms with E-state index in [-0.39, 0.29) is 5.69 Å². The second-order valence-corrected chi connectivity index (χ2v) is 5.85. The maximum atomic E-state index is 12.3. The highest BCUT2D eigenvalue weighted by Crippen LogP contribution is 2.24. The topological polar surface area (TPSA) is 76.7 Å². The molecule has 0 aliphatic carbocycles. The molecule has 6 nitrogen and oxygen atoms in total. The van der Waals surface area contributed by atoms with Crippen molar-refractivity contribution >= 4 is 11.2 Å². The molecule has 3 heterocycles. The van der Waals surface area contributed by atoms with Gasteiger partial charge in [0, 0.05) is 17.8 Å². The third-order valence-electron chi connectivity index (χ3n) is 4.08. The average Bonchev–Trinajstić information content (AvgIpc) is 3.11. The number of nitrogens with zero attached hydrogens (tertiary/aromatic N) is 3. The lowest BCUT2D eigenvalue weighted by atomic mass is 10.0. The molecule has 4 aromatic rings. The van der Waals surface area contributed by atoms with E-state index < -0.39 is 0 Å². The second kappa shape index (κ2) is 5.49. The molecule has 0 aliphatic rings. The minimum Gasteiger partial charge on any atom is -0.361 e. The number of hydrogen-bond acceptors (Lipinski definition) is 4. The van der Waals surface area contributed by atoms with Gasteiger partial charge in [-0.25, -0.2) is 9.78 Å². The molecule has 0 amide bonds. The Labute approximate surface area is 137 Å². The molecule has 6 heteroatoms. The first-order valence-corrected chi connectivity index (χ1v) is 7.68. The first-order chi connectivity index (χ1) is 11.6. The van der Waals surface area contributed by atoms with Gasteiger partial charge in [0.05, 0.1) is 12.1 Å². The molecule has 0 aliphatic heterocycles. The van der Waals surface area contributed by atoms with Gasteiger partial charge in [0.1, 0.15) is 11.5 Å². The van der Waals surface area contributed by atoms with E-state index >= 15 is 0 Å². The van der Waals surface area contributed by atoms with Crippen molar-refractivity contribution in [2.75, 3.05) is 0 Å². The number of pyridine rings is 1. The van der Waals surface area contributed by atoms with Crippen LogP contribution in [0.25, 0.3) is 22.3 Å². The van der Waals surface area contributed by atoms with E-state index in [9.17, 15) is 4.79 Å². The zero-order valence-corrected chi connectivity index (χ0v) is 13.4. The van der Waals surface area contributed by atoms with Crippen LogP contribution in [-0.4, -0.2) is 19.7 Å². The summed E-state index contributed by atoms with van der Waals surface area (Å²) in [5.41, 5.74) is 5.06. The number of aromatic nitrogens is 4. The quantitative estimate of drug-likeness (QED) is 0.629. The summed E-state index contributed by atoms with van der Waals surface area (Å²) in [6.45, 7) is 4.23. The van der Waals surface area contributed by atoms with Crippen LogP contribution in [0.15, 0.2) is 51.9 Å². The highest BCUT2D eigenvalue weighted by atomic mass is 16.5. The Balaban J connectivity index is 1.85. The summed E-state index contributed by atoms with van der Waals surface area (Å²) in [5, 5.41) is 3.96. The van der Waals surface area contributed by atoms with Crippen molar-refractivity contribution in [1.29, 1.82) is 0 Å². The Bertz CT molecular complexity index is 1090. The molecule has 4 rings (SSSR count). The van der Waals surface area contributed by atoms with E-state index in [0.717, 1.165) is 28.0 Å². The van der Waals surface area contributed by atoms with Crippen LogP contribution in [0.1, 0.15) is 17.0 Å². The number of nitrogens with one attached hydrogen (secondary N) is 1. The van der Waals surface area contributed by atoms with Gasteiger partial charge >= 0.3 is 5.69 Å². The molecule has 0 saturated carbocycles. The number of aromatic amines is 1. The highest BCUT2D eigenvalue weighted by Gasteiger charge is 2.12. The van der Waals surface area contributed by atoms with Crippen molar-refractivity contribution in [3.63, 3.8) is 0 Å². The lowest BCUT2D eigenvalue weighted by molar-refractivity contribution is 0.389. The van der Waals surface area contributed by atoms with Crippen LogP contribution in [-0.2, 0) is 6.54 Å². The Morgan fingerprint density at radius 3 is 2.79 bits per heavy atom. The molecule has 24 heavy (non-hydrogen) atoms. The van der Waals surface area contributed by atoms with E-state index in [4.69, 9.17) is 4.52 Å². The summed E-state index contributed by atoms with van der Waals surface area (Å²) in [7, 11) is 0. The van der Waals surface area contributed by atoms with Crippen molar-refractivity contribution in [2.45, 2.75) is 20.4 Å². The molecule has 0 radical (unpaired) electrons. The van der Waals surface area contributed by atoms with Crippen LogP contribution < -0.4 is 5.69 Å². The summed E-state index contributed by atoms with van der Waals surface area (Å²) >= 11 is 0. The van der Waals surface area contributed by atoms with E-state index in [1.807, 2.05) is 37.3 Å². The normalized spacial score (nSPS) is 11.2. The summed E-state index contributed by atoms with van der Waals surface area (Å²) < 4.78 is 6.71. The predicted molar refractivity (Wildman–Crippen MR) is 90.9 cm³/mol. The van der Waals surface area contributed by atoms with Gasteiger partial charge < -0.3 is 4.52 Å². The molecular formula is C18H16N4O2. The number of fused-ring (bicyclic) bond motifs is 1. The fourth-order valence-electron chi connectivity index (χ4n) is 2.89. The van der Waals surface area contributed by atoms with Gasteiger partial charge in [-0.15, -0.1) is 0 Å². The molecular weight excluding hydrogens is 304 g/mol. The fourth-order valence-corrected chi connectivity index (χ4v) is 2.89. The SMILES string of the molecule is Cc1cc(Cn2c(=O)[nH]c3ncc(-c4ccccc4C)cc32)no1. The van der Waals surface area contributed by atoms with E-state index in [1.54, 1.807) is 10.8 Å². The Morgan fingerprint density at radius 1 is 1.21 bits per heavy atom. The van der Waals surface area contributed by atoms with E-state index in [2.05, 4.69) is 28.1 Å². The summed E-state index contributed by atoms with van der Waals surface area (Å²) in [6.07, 6.45) is 1.78. The highest BCUT2D eigenvalue weighted by molar-refractivity contribution is 5.79. The summed E-state index contributed by atoms with van der Waals surface area (Å²) in [5.74, 6) is 0.719. The Morgan fingerprint density at radius 2 is 2.04 bits per heavy atom. The van der Waals surface area contributed by atoms with Crippen LogP contribution in [0.4, 0.5) is 0 Å². The first kappa shape index (κ1) is 14.4. The summed E-state index contributed by atoms with van der Waals surface area (Å²) in [4.78, 5) is 19.5. The summed E-state index contributed by atoms with van der Waals surface area (Å²) in [6, 6.07) is 11.9. The number of rotatable bonds is 3. The monoisotopic (exact) mass is 320 g/mol. The average molecular weight is 320 g/mol. The van der Waals surface area contributed by atoms with Gasteiger partial charge in [0.25, 0.3) is 0 Å². The molecule has 120 valence electrons. The lowest BCUT2D eigenvalue weighted by Crippen LogP contribution is -2.17. The molecule has 3 aromatic heterocycles. The minimum absolute atomic E-state index is 0.208. The largest absolute Gasteiger partial charge is 0.361 e. The standard InChI is InChI=1S/C18H16N4O2/c1-11-5-3-4-6-15(11)13-8-16-17(19-9-13)20-18(23)22(16)10-14-7-12(2)24-21-14/h3-9H,10H2,1-2H3,(H,19,20,23). The van der Waals surface area contributed by atoms with E-state index in [0.29, 0.717) is 17.9 Å². The zero-order valence-electron chi connectivity index (χ0n) is 13.4. The fraction of sp³-hybridized carbons (Fsp3) is 0.167. The number of benzene rings is 1. The van der Waals surface area contributed by atoms with Crippen molar-refractivity contribution in [3.8, 4) is 11.1 Å². The second-order valence-electron chi connectivity index (χ2n) is 5.85. The molecule has 0 fully saturated rings. The van der Waals surface area contributed by atoms with Gasteiger partial charge in [0.15, 0.2) is 5.65 Å². The van der Waals surface area contributed by atoms with Gasteiger partial charge in [-0.05, 0) is 31.0 Å². The molecule has 1 aromatic carbocycles. The first-order valence-electron chi connectivity index (χ1n) is 7.68. The van der Waals surface area contributed by atoms with Crippen molar-refractivity contribution < 1.29 is 4.52 Å². The smallest absolute Gasteiger partial charge is 0.328 e. The van der Waals surface area contributed by atoms with Crippen molar-refractivity contribution in [2.24, 2.45) is 0 Å². The van der Waals surface area contributed by atoms with Crippen LogP contribution in [0.2, 0.25) is 0 Å². The van der Waals surface area contributed by atoms with Crippen LogP contribution in [0.3, 0.4) is 0 Å². The molecule has 0 unspecified atom stereocenters. The predicted octanol–water partition coefficient (Wildman–Crippen LogP) is 3.04. The molecule has 0 atom stereocenters. The Kier molecular flexibility index (Phi) is 3.30. The van der Waals surface area contributed by atoms with Gasteiger partial charge in [-0.3, -0.25) is 9.55 Å². The maximum absolute atomic E-state index is 12.3. The minimum atomic E-state index is -0.208. The molecule has 0 saturated heterocycles. The van der Waals surface area contributed by atoms with Crippen LogP contribution >= 0.6 is 0 Å². The lowest BCUT2D eigenvalue weighted by Gasteiger charge is -2.06. The molecule has 0 bridgehead atoms. The zero-order chi connectivity index (χ0) is 16.7. The van der Waals surface area contributed by atoms with Gasteiger partial charge in [0.2, 0.25) is 0 Å². The number of H-pyrrole nitrogens is 1. The maximum Gasteiger partial charge on any atom is 0.328 e. The van der Waals surface area contributed by atoms with Gasteiger partial charge in [-0.1, -0.05) is 29.4 Å². The Hall–Kier alpha value is -3.15. The number of aryl methyl sites for hydroxylation is 2. The van der Waals surface area contributed by atoms with Crippen LogP contribution in [0.5, 0.6) is 0 Å². The number of hydrogen-bond donors (Lipinski definition) is 1. The molecule has 0 spiro atoms. The van der Waals surface area contributed by atoms with E-state index in [1.165, 1.54) is 0 Å². The number of imidazole rings is 1. The molecule has 1 N–H and O–H groups in total. The van der Waals surface area contributed by atoms with Crippen molar-refractivity contribution in [1.82, 2.24) is 19.7 Å².